The summed E-state index contributed by atoms with van der Waals surface area (Å²) in [5.41, 5.74) is 0.517. The second-order valence-electron chi connectivity index (χ2n) is 3.05. The van der Waals surface area contributed by atoms with E-state index in [-0.39, 0.29) is 12.6 Å². The van der Waals surface area contributed by atoms with E-state index in [0.29, 0.717) is 18.8 Å². The van der Waals surface area contributed by atoms with Crippen LogP contribution in [0.15, 0.2) is 24.3 Å². The van der Waals surface area contributed by atoms with E-state index < -0.39 is 0 Å². The van der Waals surface area contributed by atoms with Crippen molar-refractivity contribution in [2.24, 2.45) is 0 Å². The van der Waals surface area contributed by atoms with Gasteiger partial charge in [-0.15, -0.1) is 0 Å². The molecule has 0 aliphatic rings. The zero-order chi connectivity index (χ0) is 11.5. The Morgan fingerprint density at radius 1 is 1.40 bits per heavy atom. The Kier molecular flexibility index (Phi) is 8.78. The largest absolute Gasteiger partial charge is 0.462 e. The summed E-state index contributed by atoms with van der Waals surface area (Å²) in [6.45, 7) is 8.81. The Hall–Kier alpha value is -1.09. The van der Waals surface area contributed by atoms with Crippen molar-refractivity contribution in [1.82, 2.24) is 0 Å². The monoisotopic (exact) mass is 212 g/mol. The molecule has 0 saturated heterocycles. The first-order valence-corrected chi connectivity index (χ1v) is 5.32. The van der Waals surface area contributed by atoms with Crippen LogP contribution in [0.3, 0.4) is 0 Å². The van der Waals surface area contributed by atoms with Crippen LogP contribution in [0.2, 0.25) is 0 Å². The van der Waals surface area contributed by atoms with Gasteiger partial charge in [-0.05, 0) is 13.3 Å². The third-order valence-corrected chi connectivity index (χ3v) is 1.77. The van der Waals surface area contributed by atoms with E-state index in [1.807, 2.05) is 6.92 Å². The highest BCUT2D eigenvalue weighted by Crippen LogP contribution is 2.01. The normalized spacial score (nSPS) is 11.2. The summed E-state index contributed by atoms with van der Waals surface area (Å²) >= 11 is 0. The van der Waals surface area contributed by atoms with E-state index in [9.17, 15) is 4.79 Å². The quantitative estimate of drug-likeness (QED) is 0.268. The predicted molar refractivity (Wildman–Crippen MR) is 60.6 cm³/mol. The fourth-order valence-corrected chi connectivity index (χ4v) is 0.931. The van der Waals surface area contributed by atoms with Gasteiger partial charge < -0.3 is 9.47 Å². The van der Waals surface area contributed by atoms with Crippen LogP contribution >= 0.6 is 0 Å². The molecule has 0 heterocycles. The highest BCUT2D eigenvalue weighted by Gasteiger charge is 2.09. The third kappa shape index (κ3) is 6.91. The second kappa shape index (κ2) is 9.46. The van der Waals surface area contributed by atoms with Crippen molar-refractivity contribution >= 4 is 5.97 Å². The van der Waals surface area contributed by atoms with Crippen LogP contribution < -0.4 is 0 Å². The van der Waals surface area contributed by atoms with Crippen LogP contribution in [-0.2, 0) is 14.3 Å². The minimum atomic E-state index is -0.309. The summed E-state index contributed by atoms with van der Waals surface area (Å²) < 4.78 is 10.2. The molecule has 0 atom stereocenters. The average molecular weight is 212 g/mol. The van der Waals surface area contributed by atoms with Crippen molar-refractivity contribution < 1.29 is 14.3 Å². The summed E-state index contributed by atoms with van der Waals surface area (Å²) in [5, 5.41) is 0. The van der Waals surface area contributed by atoms with Gasteiger partial charge in [-0.1, -0.05) is 32.1 Å². The van der Waals surface area contributed by atoms with Gasteiger partial charge in [-0.2, -0.15) is 0 Å². The van der Waals surface area contributed by atoms with E-state index in [2.05, 4.69) is 13.5 Å². The van der Waals surface area contributed by atoms with Crippen LogP contribution in [0.5, 0.6) is 0 Å². The van der Waals surface area contributed by atoms with Gasteiger partial charge in [-0.3, -0.25) is 0 Å². The number of hydrogen-bond acceptors (Lipinski definition) is 3. The number of esters is 1. The molecule has 0 N–H and O–H groups in total. The van der Waals surface area contributed by atoms with E-state index in [0.717, 1.165) is 12.8 Å². The Morgan fingerprint density at radius 2 is 2.13 bits per heavy atom. The smallest absolute Gasteiger partial charge is 0.336 e. The van der Waals surface area contributed by atoms with Gasteiger partial charge in [0.25, 0.3) is 0 Å². The predicted octanol–water partition coefficient (Wildman–Crippen LogP) is 2.48. The molecule has 86 valence electrons. The number of carbonyl (C=O) groups excluding carboxylic acids is 1. The molecule has 0 aromatic heterocycles. The van der Waals surface area contributed by atoms with Crippen LogP contribution in [0.1, 0.15) is 26.7 Å². The molecule has 0 radical (unpaired) electrons. The maximum absolute atomic E-state index is 11.5. The minimum absolute atomic E-state index is 0.285. The summed E-state index contributed by atoms with van der Waals surface area (Å²) in [6.07, 6.45) is 5.10. The van der Waals surface area contributed by atoms with Gasteiger partial charge in [0.1, 0.15) is 0 Å². The highest BCUT2D eigenvalue weighted by atomic mass is 16.5. The number of hydrogen-bond donors (Lipinski definition) is 0. The Labute approximate surface area is 91.8 Å². The van der Waals surface area contributed by atoms with E-state index in [4.69, 9.17) is 9.47 Å². The molecule has 0 bridgehead atoms. The molecule has 0 aliphatic heterocycles. The topological polar surface area (TPSA) is 35.5 Å². The maximum atomic E-state index is 11.5. The van der Waals surface area contributed by atoms with E-state index in [1.165, 1.54) is 0 Å². The Balaban J connectivity index is 4.05. The lowest BCUT2D eigenvalue weighted by molar-refractivity contribution is -0.139. The standard InChI is InChI=1S/C12H20O3/c1-4-7-9-15-12(13)11(8-5-2)10-14-6-3/h5,8H,2,4,6-7,9-10H2,1,3H3. The number of allylic oxidation sites excluding steroid dienone is 2. The molecular weight excluding hydrogens is 192 g/mol. The molecule has 3 heteroatoms. The summed E-state index contributed by atoms with van der Waals surface area (Å²) in [7, 11) is 0. The maximum Gasteiger partial charge on any atom is 0.336 e. The lowest BCUT2D eigenvalue weighted by Crippen LogP contribution is -2.13. The number of unbranched alkanes of at least 4 members (excludes halogenated alkanes) is 1. The first-order chi connectivity index (χ1) is 7.26. The van der Waals surface area contributed by atoms with Gasteiger partial charge in [-0.25, -0.2) is 4.79 Å². The van der Waals surface area contributed by atoms with Crippen molar-refractivity contribution in [3.8, 4) is 0 Å². The van der Waals surface area contributed by atoms with Gasteiger partial charge >= 0.3 is 5.97 Å². The summed E-state index contributed by atoms with van der Waals surface area (Å²) in [4.78, 5) is 11.5. The zero-order valence-electron chi connectivity index (χ0n) is 9.62. The number of carbonyl (C=O) groups is 1. The first kappa shape index (κ1) is 13.9. The van der Waals surface area contributed by atoms with Crippen molar-refractivity contribution in [3.05, 3.63) is 24.3 Å². The molecule has 0 fully saturated rings. The first-order valence-electron chi connectivity index (χ1n) is 5.32. The van der Waals surface area contributed by atoms with E-state index >= 15 is 0 Å². The molecule has 15 heavy (non-hydrogen) atoms. The van der Waals surface area contributed by atoms with Crippen LogP contribution in [0, 0.1) is 0 Å². The second-order valence-corrected chi connectivity index (χ2v) is 3.05. The summed E-state index contributed by atoms with van der Waals surface area (Å²) in [6, 6.07) is 0. The molecule has 0 unspecified atom stereocenters. The molecule has 0 aromatic rings. The van der Waals surface area contributed by atoms with Gasteiger partial charge in [0.05, 0.1) is 18.8 Å². The SMILES string of the molecule is C=CC=C(COCC)C(=O)OCCCC. The Bertz CT molecular complexity index is 219. The van der Waals surface area contributed by atoms with Crippen molar-refractivity contribution in [1.29, 1.82) is 0 Å². The van der Waals surface area contributed by atoms with Crippen LogP contribution in [0.25, 0.3) is 0 Å². The van der Waals surface area contributed by atoms with E-state index in [1.54, 1.807) is 12.2 Å². The molecular formula is C12H20O3. The lowest BCUT2D eigenvalue weighted by Gasteiger charge is -2.07. The van der Waals surface area contributed by atoms with Crippen LogP contribution in [0.4, 0.5) is 0 Å². The van der Waals surface area contributed by atoms with Gasteiger partial charge in [0, 0.05) is 6.61 Å². The molecule has 0 aromatic carbocycles. The number of rotatable bonds is 8. The van der Waals surface area contributed by atoms with Crippen LogP contribution in [-0.4, -0.2) is 25.8 Å². The lowest BCUT2D eigenvalue weighted by atomic mass is 10.2. The zero-order valence-corrected chi connectivity index (χ0v) is 9.62. The van der Waals surface area contributed by atoms with Gasteiger partial charge in [0.2, 0.25) is 0 Å². The fourth-order valence-electron chi connectivity index (χ4n) is 0.931. The van der Waals surface area contributed by atoms with Crippen molar-refractivity contribution in [2.75, 3.05) is 19.8 Å². The minimum Gasteiger partial charge on any atom is -0.462 e. The molecule has 0 saturated carbocycles. The van der Waals surface area contributed by atoms with Crippen molar-refractivity contribution in [2.45, 2.75) is 26.7 Å². The number of ether oxygens (including phenoxy) is 2. The van der Waals surface area contributed by atoms with Crippen molar-refractivity contribution in [3.63, 3.8) is 0 Å². The van der Waals surface area contributed by atoms with Gasteiger partial charge in [0.15, 0.2) is 0 Å². The molecule has 0 amide bonds. The fraction of sp³-hybridized carbons (Fsp3) is 0.583. The average Bonchev–Trinajstić information content (AvgIpc) is 2.24. The molecule has 3 nitrogen and oxygen atoms in total. The third-order valence-electron chi connectivity index (χ3n) is 1.77. The Morgan fingerprint density at radius 3 is 2.67 bits per heavy atom. The molecule has 0 spiro atoms. The summed E-state index contributed by atoms with van der Waals surface area (Å²) in [5.74, 6) is -0.309. The molecule has 0 aliphatic carbocycles. The highest BCUT2D eigenvalue weighted by molar-refractivity contribution is 5.89. The molecule has 0 rings (SSSR count).